The van der Waals surface area contributed by atoms with Crippen LogP contribution in [0.4, 0.5) is 0 Å². The second-order valence-corrected chi connectivity index (χ2v) is 9.05. The van der Waals surface area contributed by atoms with Gasteiger partial charge in [0.2, 0.25) is 10.0 Å². The van der Waals surface area contributed by atoms with E-state index in [2.05, 4.69) is 21.5 Å². The quantitative estimate of drug-likeness (QED) is 0.889. The van der Waals surface area contributed by atoms with Crippen LogP contribution in [0.15, 0.2) is 35.4 Å². The van der Waals surface area contributed by atoms with Crippen LogP contribution in [0.25, 0.3) is 10.9 Å². The minimum absolute atomic E-state index is 0.143. The van der Waals surface area contributed by atoms with E-state index in [0.29, 0.717) is 11.4 Å². The molecule has 0 radical (unpaired) electrons. The van der Waals surface area contributed by atoms with Gasteiger partial charge < -0.3 is 4.90 Å². The maximum absolute atomic E-state index is 12.9. The number of rotatable bonds is 5. The van der Waals surface area contributed by atoms with Crippen LogP contribution in [0.2, 0.25) is 0 Å². The summed E-state index contributed by atoms with van der Waals surface area (Å²) in [5.41, 5.74) is 1.54. The molecule has 1 fully saturated rings. The first kappa shape index (κ1) is 18.3. The van der Waals surface area contributed by atoms with Gasteiger partial charge in [-0.1, -0.05) is 19.1 Å². The molecule has 5 nitrogen and oxygen atoms in total. The number of fused-ring (bicyclic) bond motifs is 1. The Morgan fingerprint density at radius 3 is 2.96 bits per heavy atom. The Labute approximate surface area is 150 Å². The molecule has 2 atom stereocenters. The highest BCUT2D eigenvalue weighted by Crippen LogP contribution is 2.22. The summed E-state index contributed by atoms with van der Waals surface area (Å²) in [6.45, 7) is 8.96. The fraction of sp³-hybridized carbons (Fsp3) is 0.526. The van der Waals surface area contributed by atoms with Crippen molar-refractivity contribution in [1.82, 2.24) is 14.6 Å². The number of aromatic nitrogens is 1. The molecular weight excluding hydrogens is 334 g/mol. The van der Waals surface area contributed by atoms with Gasteiger partial charge in [0.15, 0.2) is 0 Å². The molecule has 2 aromatic rings. The van der Waals surface area contributed by atoms with Crippen molar-refractivity contribution < 1.29 is 8.42 Å². The first-order chi connectivity index (χ1) is 11.8. The van der Waals surface area contributed by atoms with E-state index < -0.39 is 10.0 Å². The Morgan fingerprint density at radius 2 is 2.20 bits per heavy atom. The van der Waals surface area contributed by atoms with Gasteiger partial charge in [0.05, 0.1) is 5.52 Å². The van der Waals surface area contributed by atoms with Gasteiger partial charge in [-0.25, -0.2) is 13.1 Å². The number of nitrogens with one attached hydrogen (secondary N) is 1. The Kier molecular flexibility index (Phi) is 5.41. The lowest BCUT2D eigenvalue weighted by Gasteiger charge is -2.32. The summed E-state index contributed by atoms with van der Waals surface area (Å²) in [5, 5.41) is 0.848. The van der Waals surface area contributed by atoms with Gasteiger partial charge in [0, 0.05) is 30.7 Å². The van der Waals surface area contributed by atoms with Gasteiger partial charge in [0.1, 0.15) is 4.90 Å². The van der Waals surface area contributed by atoms with Gasteiger partial charge in [0.25, 0.3) is 0 Å². The molecule has 1 aliphatic heterocycles. The molecule has 1 N–H and O–H groups in total. The molecule has 25 heavy (non-hydrogen) atoms. The molecule has 3 rings (SSSR count). The van der Waals surface area contributed by atoms with Crippen molar-refractivity contribution in [3.05, 3.63) is 36.0 Å². The summed E-state index contributed by atoms with van der Waals surface area (Å²) in [6, 6.07) is 7.11. The molecule has 0 saturated carbocycles. The maximum Gasteiger partial charge on any atom is 0.243 e. The zero-order valence-corrected chi connectivity index (χ0v) is 16.0. The van der Waals surface area contributed by atoms with Crippen molar-refractivity contribution in [1.29, 1.82) is 0 Å². The molecule has 1 aliphatic rings. The molecule has 0 aliphatic carbocycles. The van der Waals surface area contributed by atoms with Crippen LogP contribution in [0.5, 0.6) is 0 Å². The van der Waals surface area contributed by atoms with Gasteiger partial charge in [-0.15, -0.1) is 0 Å². The fourth-order valence-corrected chi connectivity index (χ4v) is 5.08. The largest absolute Gasteiger partial charge is 0.301 e. The summed E-state index contributed by atoms with van der Waals surface area (Å²) >= 11 is 0. The highest BCUT2D eigenvalue weighted by molar-refractivity contribution is 7.89. The van der Waals surface area contributed by atoms with Crippen molar-refractivity contribution in [3.63, 3.8) is 0 Å². The number of hydrogen-bond donors (Lipinski definition) is 1. The van der Waals surface area contributed by atoms with E-state index in [1.807, 2.05) is 26.0 Å². The van der Waals surface area contributed by atoms with Crippen molar-refractivity contribution in [2.45, 2.75) is 44.6 Å². The van der Waals surface area contributed by atoms with Gasteiger partial charge in [-0.2, -0.15) is 0 Å². The average molecular weight is 362 g/mol. The number of piperidine rings is 1. The molecule has 136 valence electrons. The topological polar surface area (TPSA) is 62.3 Å². The van der Waals surface area contributed by atoms with Crippen LogP contribution in [0.3, 0.4) is 0 Å². The number of benzene rings is 1. The van der Waals surface area contributed by atoms with Gasteiger partial charge in [-0.05, 0) is 56.8 Å². The van der Waals surface area contributed by atoms with E-state index in [9.17, 15) is 8.42 Å². The third kappa shape index (κ3) is 4.37. The van der Waals surface area contributed by atoms with E-state index in [-0.39, 0.29) is 10.9 Å². The van der Waals surface area contributed by atoms with Crippen LogP contribution in [-0.4, -0.2) is 44.0 Å². The summed E-state index contributed by atoms with van der Waals surface area (Å²) < 4.78 is 28.6. The number of pyridine rings is 1. The molecule has 2 unspecified atom stereocenters. The van der Waals surface area contributed by atoms with Gasteiger partial charge >= 0.3 is 0 Å². The summed E-state index contributed by atoms with van der Waals surface area (Å²) in [6.07, 6.45) is 4.16. The third-order valence-corrected chi connectivity index (χ3v) is 6.35. The van der Waals surface area contributed by atoms with Crippen LogP contribution in [0.1, 0.15) is 32.3 Å². The van der Waals surface area contributed by atoms with Crippen molar-refractivity contribution in [2.24, 2.45) is 5.92 Å². The number of para-hydroxylation sites is 1. The normalized spacial score (nSPS) is 20.7. The highest BCUT2D eigenvalue weighted by Gasteiger charge is 2.23. The number of aryl methyl sites for hydroxylation is 1. The van der Waals surface area contributed by atoms with E-state index in [1.165, 1.54) is 12.8 Å². The van der Waals surface area contributed by atoms with Crippen LogP contribution < -0.4 is 4.72 Å². The van der Waals surface area contributed by atoms with E-state index >= 15 is 0 Å². The first-order valence-electron chi connectivity index (χ1n) is 8.95. The van der Waals surface area contributed by atoms with E-state index in [4.69, 9.17) is 0 Å². The molecule has 2 heterocycles. The zero-order chi connectivity index (χ0) is 18.0. The summed E-state index contributed by atoms with van der Waals surface area (Å²) in [4.78, 5) is 6.96. The molecule has 1 aromatic heterocycles. The SMILES string of the molecule is Cc1cnc2c(S(=O)(=O)NC(C)CN3CCCC(C)C3)cccc2c1. The Bertz CT molecular complexity index is 851. The number of hydrogen-bond acceptors (Lipinski definition) is 4. The van der Waals surface area contributed by atoms with E-state index in [1.54, 1.807) is 18.3 Å². The molecule has 0 spiro atoms. The van der Waals surface area contributed by atoms with Crippen molar-refractivity contribution >= 4 is 20.9 Å². The lowest BCUT2D eigenvalue weighted by Crippen LogP contribution is -2.45. The highest BCUT2D eigenvalue weighted by atomic mass is 32.2. The Morgan fingerprint density at radius 1 is 1.40 bits per heavy atom. The maximum atomic E-state index is 12.9. The lowest BCUT2D eigenvalue weighted by molar-refractivity contribution is 0.174. The van der Waals surface area contributed by atoms with E-state index in [0.717, 1.165) is 30.6 Å². The number of nitrogens with zero attached hydrogens (tertiary/aromatic N) is 2. The molecular formula is C19H27N3O2S. The standard InChI is InChI=1S/C19H27N3O2S/c1-14-6-5-9-22(12-14)13-16(3)21-25(23,24)18-8-4-7-17-10-15(2)11-20-19(17)18/h4,7-8,10-11,14,16,21H,5-6,9,12-13H2,1-3H3. The average Bonchev–Trinajstić information content (AvgIpc) is 2.53. The third-order valence-electron chi connectivity index (χ3n) is 4.73. The summed E-state index contributed by atoms with van der Waals surface area (Å²) in [7, 11) is -3.60. The van der Waals surface area contributed by atoms with Crippen LogP contribution >= 0.6 is 0 Å². The predicted molar refractivity (Wildman–Crippen MR) is 101 cm³/mol. The summed E-state index contributed by atoms with van der Waals surface area (Å²) in [5.74, 6) is 0.683. The van der Waals surface area contributed by atoms with Crippen molar-refractivity contribution in [3.8, 4) is 0 Å². The van der Waals surface area contributed by atoms with Crippen molar-refractivity contribution in [2.75, 3.05) is 19.6 Å². The molecule has 0 amide bonds. The van der Waals surface area contributed by atoms with Crippen LogP contribution in [-0.2, 0) is 10.0 Å². The second kappa shape index (κ2) is 7.40. The molecule has 0 bridgehead atoms. The van der Waals surface area contributed by atoms with Crippen LogP contribution in [0, 0.1) is 12.8 Å². The Hall–Kier alpha value is -1.50. The number of likely N-dealkylation sites (tertiary alicyclic amines) is 1. The monoisotopic (exact) mass is 361 g/mol. The Balaban J connectivity index is 1.77. The molecule has 1 saturated heterocycles. The minimum Gasteiger partial charge on any atom is -0.301 e. The van der Waals surface area contributed by atoms with Gasteiger partial charge in [-0.3, -0.25) is 4.98 Å². The number of sulfonamides is 1. The lowest BCUT2D eigenvalue weighted by atomic mass is 10.00. The first-order valence-corrected chi connectivity index (χ1v) is 10.4. The molecule has 1 aromatic carbocycles. The predicted octanol–water partition coefficient (Wildman–Crippen LogP) is 2.94. The fourth-order valence-electron chi connectivity index (χ4n) is 3.67. The minimum atomic E-state index is -3.60. The second-order valence-electron chi connectivity index (χ2n) is 7.37. The molecule has 6 heteroatoms. The smallest absolute Gasteiger partial charge is 0.243 e. The zero-order valence-electron chi connectivity index (χ0n) is 15.2.